The Hall–Kier alpha value is -1.98. The van der Waals surface area contributed by atoms with Crippen molar-refractivity contribution in [2.24, 2.45) is 11.3 Å². The number of hydrogen-bond donors (Lipinski definition) is 1. The Morgan fingerprint density at radius 1 is 1.07 bits per heavy atom. The molecule has 0 aromatic heterocycles. The van der Waals surface area contributed by atoms with E-state index in [2.05, 4.69) is 5.32 Å². The number of rotatable bonds is 3. The molecule has 3 aliphatic rings. The van der Waals surface area contributed by atoms with E-state index in [9.17, 15) is 18.4 Å². The summed E-state index contributed by atoms with van der Waals surface area (Å²) in [5.41, 5.74) is 2.52. The van der Waals surface area contributed by atoms with Crippen LogP contribution < -0.4 is 5.32 Å². The quantitative estimate of drug-likeness (QED) is 0.852. The molecule has 0 radical (unpaired) electrons. The number of carbonyl (C=O) groups excluding carboxylic acids is 2. The fourth-order valence-corrected chi connectivity index (χ4v) is 5.34. The van der Waals surface area contributed by atoms with Crippen LogP contribution in [0.25, 0.3) is 0 Å². The standard InChI is InChI=1S/C22H28F2N2O2/c1-14-10-15(2)12-16(11-14)20(28)26-9-8-21(13-26)6-3-4-17(21)19(27)25-18-5-7-22(18,23)24/h10-12,17-18H,3-9,13H2,1-2H3,(H,25,27)/t17-,18-,21-/m1/s1. The molecule has 4 rings (SSSR count). The van der Waals surface area contributed by atoms with E-state index in [-0.39, 0.29) is 29.6 Å². The smallest absolute Gasteiger partial charge is 0.267 e. The zero-order chi connectivity index (χ0) is 20.1. The molecule has 2 amide bonds. The van der Waals surface area contributed by atoms with Crippen LogP contribution in [0.5, 0.6) is 0 Å². The Morgan fingerprint density at radius 3 is 2.39 bits per heavy atom. The number of likely N-dealkylation sites (tertiary alicyclic amines) is 1. The number of benzene rings is 1. The normalized spacial score (nSPS) is 31.1. The highest BCUT2D eigenvalue weighted by Crippen LogP contribution is 2.50. The van der Waals surface area contributed by atoms with Crippen LogP contribution in [-0.2, 0) is 4.79 Å². The van der Waals surface area contributed by atoms with Gasteiger partial charge in [-0.15, -0.1) is 0 Å². The second-order valence-electron chi connectivity index (χ2n) is 9.02. The summed E-state index contributed by atoms with van der Waals surface area (Å²) in [7, 11) is 0. The van der Waals surface area contributed by atoms with Crippen molar-refractivity contribution in [1.82, 2.24) is 10.2 Å². The van der Waals surface area contributed by atoms with Gasteiger partial charge in [0.05, 0.1) is 6.04 Å². The molecular formula is C22H28F2N2O2. The SMILES string of the molecule is Cc1cc(C)cc(C(=O)N2CC[C@]3(CCC[C@@H]3C(=O)N[C@@H]3CCC3(F)F)C2)c1. The van der Waals surface area contributed by atoms with Crippen molar-refractivity contribution in [3.05, 3.63) is 34.9 Å². The maximum Gasteiger partial charge on any atom is 0.267 e. The van der Waals surface area contributed by atoms with E-state index < -0.39 is 12.0 Å². The van der Waals surface area contributed by atoms with Gasteiger partial charge in [-0.2, -0.15) is 0 Å². The highest BCUT2D eigenvalue weighted by molar-refractivity contribution is 5.95. The largest absolute Gasteiger partial charge is 0.347 e. The van der Waals surface area contributed by atoms with Crippen LogP contribution in [-0.4, -0.2) is 41.8 Å². The molecule has 2 aliphatic carbocycles. The van der Waals surface area contributed by atoms with Gasteiger partial charge < -0.3 is 10.2 Å². The zero-order valence-corrected chi connectivity index (χ0v) is 16.6. The van der Waals surface area contributed by atoms with E-state index in [1.54, 1.807) is 0 Å². The van der Waals surface area contributed by atoms with Crippen molar-refractivity contribution in [2.45, 2.75) is 64.3 Å². The van der Waals surface area contributed by atoms with Crippen molar-refractivity contribution >= 4 is 11.8 Å². The molecule has 2 saturated carbocycles. The number of nitrogens with one attached hydrogen (secondary N) is 1. The van der Waals surface area contributed by atoms with E-state index in [0.717, 1.165) is 36.8 Å². The first kappa shape index (κ1) is 19.3. The number of hydrogen-bond acceptors (Lipinski definition) is 2. The van der Waals surface area contributed by atoms with Crippen molar-refractivity contribution in [3.8, 4) is 0 Å². The zero-order valence-electron chi connectivity index (χ0n) is 16.6. The summed E-state index contributed by atoms with van der Waals surface area (Å²) in [6, 6.07) is 4.82. The van der Waals surface area contributed by atoms with Crippen LogP contribution in [0.15, 0.2) is 18.2 Å². The molecule has 3 fully saturated rings. The topological polar surface area (TPSA) is 49.4 Å². The number of nitrogens with zero attached hydrogens (tertiary/aromatic N) is 1. The molecule has 1 aliphatic heterocycles. The van der Waals surface area contributed by atoms with Crippen molar-refractivity contribution in [1.29, 1.82) is 0 Å². The second-order valence-corrected chi connectivity index (χ2v) is 9.02. The third kappa shape index (κ3) is 3.31. The van der Waals surface area contributed by atoms with Crippen molar-refractivity contribution < 1.29 is 18.4 Å². The van der Waals surface area contributed by atoms with Gasteiger partial charge in [-0.1, -0.05) is 23.6 Å². The summed E-state index contributed by atoms with van der Waals surface area (Å²) in [5.74, 6) is -3.30. The molecule has 152 valence electrons. The van der Waals surface area contributed by atoms with E-state index >= 15 is 0 Å². The minimum Gasteiger partial charge on any atom is -0.347 e. The Balaban J connectivity index is 1.46. The van der Waals surface area contributed by atoms with Gasteiger partial charge >= 0.3 is 0 Å². The Kier molecular flexibility index (Phi) is 4.71. The lowest BCUT2D eigenvalue weighted by molar-refractivity contribution is -0.142. The molecule has 0 unspecified atom stereocenters. The van der Waals surface area contributed by atoms with Gasteiger partial charge in [0.25, 0.3) is 11.8 Å². The predicted molar refractivity (Wildman–Crippen MR) is 102 cm³/mol. The first-order chi connectivity index (χ1) is 13.2. The minimum atomic E-state index is -2.78. The Morgan fingerprint density at radius 2 is 1.79 bits per heavy atom. The van der Waals surface area contributed by atoms with Crippen LogP contribution in [0.2, 0.25) is 0 Å². The highest BCUT2D eigenvalue weighted by Gasteiger charge is 2.54. The summed E-state index contributed by atoms with van der Waals surface area (Å²) in [6.45, 7) is 5.11. The summed E-state index contributed by atoms with van der Waals surface area (Å²) in [4.78, 5) is 27.6. The number of amides is 2. The fraction of sp³-hybridized carbons (Fsp3) is 0.636. The van der Waals surface area contributed by atoms with Gasteiger partial charge in [0.15, 0.2) is 0 Å². The van der Waals surface area contributed by atoms with Crippen molar-refractivity contribution in [3.63, 3.8) is 0 Å². The van der Waals surface area contributed by atoms with Crippen LogP contribution in [0, 0.1) is 25.2 Å². The van der Waals surface area contributed by atoms with E-state index in [1.165, 1.54) is 0 Å². The third-order valence-electron chi connectivity index (χ3n) is 6.96. The molecule has 1 heterocycles. The van der Waals surface area contributed by atoms with Crippen molar-refractivity contribution in [2.75, 3.05) is 13.1 Å². The molecule has 4 nitrogen and oxygen atoms in total. The lowest BCUT2D eigenvalue weighted by Gasteiger charge is -2.39. The molecule has 0 bridgehead atoms. The molecule has 1 saturated heterocycles. The van der Waals surface area contributed by atoms with Crippen LogP contribution in [0.3, 0.4) is 0 Å². The molecule has 3 atom stereocenters. The number of alkyl halides is 2. The second kappa shape index (κ2) is 6.82. The lowest BCUT2D eigenvalue weighted by atomic mass is 9.76. The first-order valence-electron chi connectivity index (χ1n) is 10.3. The van der Waals surface area contributed by atoms with Gasteiger partial charge in [0.1, 0.15) is 0 Å². The Labute approximate surface area is 164 Å². The van der Waals surface area contributed by atoms with Crippen LogP contribution >= 0.6 is 0 Å². The van der Waals surface area contributed by atoms with E-state index in [4.69, 9.17) is 0 Å². The van der Waals surface area contributed by atoms with E-state index in [1.807, 2.05) is 36.9 Å². The van der Waals surface area contributed by atoms with E-state index in [0.29, 0.717) is 25.1 Å². The Bertz CT molecular complexity index is 789. The molecular weight excluding hydrogens is 362 g/mol. The fourth-order valence-electron chi connectivity index (χ4n) is 5.34. The molecule has 6 heteroatoms. The van der Waals surface area contributed by atoms with Gasteiger partial charge in [0.2, 0.25) is 5.91 Å². The van der Waals surface area contributed by atoms with Gasteiger partial charge in [-0.25, -0.2) is 8.78 Å². The summed E-state index contributed by atoms with van der Waals surface area (Å²) in [6.07, 6.45) is 3.47. The number of carbonyl (C=O) groups is 2. The maximum atomic E-state index is 13.6. The number of halogens is 2. The molecule has 1 aromatic carbocycles. The average molecular weight is 390 g/mol. The third-order valence-corrected chi connectivity index (χ3v) is 6.96. The van der Waals surface area contributed by atoms with Crippen LogP contribution in [0.1, 0.15) is 60.0 Å². The summed E-state index contributed by atoms with van der Waals surface area (Å²) >= 11 is 0. The minimum absolute atomic E-state index is 0.000240. The monoisotopic (exact) mass is 390 g/mol. The average Bonchev–Trinajstić information content (AvgIpc) is 3.24. The van der Waals surface area contributed by atoms with Gasteiger partial charge in [0, 0.05) is 36.4 Å². The number of aryl methyl sites for hydroxylation is 2. The van der Waals surface area contributed by atoms with Gasteiger partial charge in [-0.05, 0) is 51.7 Å². The first-order valence-corrected chi connectivity index (χ1v) is 10.3. The molecule has 1 aromatic rings. The van der Waals surface area contributed by atoms with Crippen LogP contribution in [0.4, 0.5) is 8.78 Å². The molecule has 1 spiro atoms. The summed E-state index contributed by atoms with van der Waals surface area (Å²) in [5, 5.41) is 2.60. The lowest BCUT2D eigenvalue weighted by Crippen LogP contribution is -2.57. The van der Waals surface area contributed by atoms with Gasteiger partial charge in [-0.3, -0.25) is 9.59 Å². The molecule has 28 heavy (non-hydrogen) atoms. The maximum absolute atomic E-state index is 13.6. The molecule has 1 N–H and O–H groups in total. The highest BCUT2D eigenvalue weighted by atomic mass is 19.3. The summed E-state index contributed by atoms with van der Waals surface area (Å²) < 4.78 is 27.1. The predicted octanol–water partition coefficient (Wildman–Crippen LogP) is 3.85.